The number of rotatable bonds is 19. The van der Waals surface area contributed by atoms with Crippen LogP contribution in [0.2, 0.25) is 0 Å². The predicted octanol–water partition coefficient (Wildman–Crippen LogP) is 3.39. The van der Waals surface area contributed by atoms with E-state index in [4.69, 9.17) is 20.4 Å². The molecule has 0 aliphatic rings. The highest BCUT2D eigenvalue weighted by Gasteiger charge is 2.12. The van der Waals surface area contributed by atoms with Gasteiger partial charge in [0.15, 0.2) is 12.6 Å². The van der Waals surface area contributed by atoms with Crippen LogP contribution >= 0.6 is 0 Å². The van der Waals surface area contributed by atoms with Crippen LogP contribution in [0.1, 0.15) is 96.8 Å². The van der Waals surface area contributed by atoms with Gasteiger partial charge in [-0.15, -0.1) is 0 Å². The molecule has 0 saturated heterocycles. The molecule has 152 valence electrons. The summed E-state index contributed by atoms with van der Waals surface area (Å²) in [5.41, 5.74) is 0. The van der Waals surface area contributed by atoms with E-state index >= 15 is 0 Å². The molecular weight excluding hydrogens is 318 g/mol. The van der Waals surface area contributed by atoms with Gasteiger partial charge in [-0.1, -0.05) is 90.4 Å². The van der Waals surface area contributed by atoms with Crippen LogP contribution in [0, 0.1) is 0 Å². The van der Waals surface area contributed by atoms with Gasteiger partial charge in [-0.05, 0) is 13.0 Å². The first-order valence-electron chi connectivity index (χ1n) is 10.5. The van der Waals surface area contributed by atoms with Gasteiger partial charge >= 0.3 is 0 Å². The van der Waals surface area contributed by atoms with E-state index in [2.05, 4.69) is 6.92 Å². The van der Waals surface area contributed by atoms with Crippen molar-refractivity contribution in [1.29, 1.82) is 0 Å². The third-order valence-corrected chi connectivity index (χ3v) is 4.67. The Bertz CT molecular complexity index is 252. The smallest absolute Gasteiger partial charge is 0.164 e. The van der Waals surface area contributed by atoms with E-state index in [-0.39, 0.29) is 13.1 Å². The number of aliphatic hydroxyl groups is 4. The molecule has 5 nitrogen and oxygen atoms in total. The van der Waals surface area contributed by atoms with E-state index in [1.54, 1.807) is 4.90 Å². The quantitative estimate of drug-likeness (QED) is 0.209. The molecule has 0 unspecified atom stereocenters. The van der Waals surface area contributed by atoms with Crippen molar-refractivity contribution in [2.75, 3.05) is 19.6 Å². The molecule has 0 aromatic heterocycles. The van der Waals surface area contributed by atoms with Gasteiger partial charge in [0.25, 0.3) is 0 Å². The second kappa shape index (κ2) is 18.6. The maximum atomic E-state index is 9.00. The Morgan fingerprint density at radius 1 is 0.520 bits per heavy atom. The lowest BCUT2D eigenvalue weighted by Crippen LogP contribution is -2.38. The van der Waals surface area contributed by atoms with E-state index in [1.807, 2.05) is 0 Å². The minimum atomic E-state index is -1.43. The topological polar surface area (TPSA) is 84.2 Å². The van der Waals surface area contributed by atoms with E-state index < -0.39 is 12.6 Å². The van der Waals surface area contributed by atoms with Crippen molar-refractivity contribution >= 4 is 0 Å². The summed E-state index contributed by atoms with van der Waals surface area (Å²) in [5, 5.41) is 36.0. The Hall–Kier alpha value is -0.200. The molecule has 25 heavy (non-hydrogen) atoms. The van der Waals surface area contributed by atoms with E-state index in [0.717, 1.165) is 12.8 Å². The highest BCUT2D eigenvalue weighted by atomic mass is 16.5. The third-order valence-electron chi connectivity index (χ3n) is 4.67. The molecule has 0 radical (unpaired) electrons. The van der Waals surface area contributed by atoms with Gasteiger partial charge in [0.1, 0.15) is 0 Å². The van der Waals surface area contributed by atoms with Crippen molar-refractivity contribution in [3.8, 4) is 0 Å². The van der Waals surface area contributed by atoms with Crippen LogP contribution < -0.4 is 0 Å². The lowest BCUT2D eigenvalue weighted by Gasteiger charge is -2.23. The fourth-order valence-corrected chi connectivity index (χ4v) is 3.25. The minimum Gasteiger partial charge on any atom is -0.367 e. The first kappa shape index (κ1) is 24.8. The van der Waals surface area contributed by atoms with Crippen LogP contribution in [0.5, 0.6) is 0 Å². The van der Waals surface area contributed by atoms with Gasteiger partial charge < -0.3 is 20.4 Å². The summed E-state index contributed by atoms with van der Waals surface area (Å²) in [6, 6.07) is 0. The zero-order valence-corrected chi connectivity index (χ0v) is 16.4. The second-order valence-electron chi connectivity index (χ2n) is 7.32. The summed E-state index contributed by atoms with van der Waals surface area (Å²) >= 11 is 0. The fourth-order valence-electron chi connectivity index (χ4n) is 3.25. The molecule has 0 bridgehead atoms. The molecular formula is C20H43NO4. The maximum absolute atomic E-state index is 9.00. The molecule has 0 atom stereocenters. The molecule has 0 aliphatic carbocycles. The zero-order chi connectivity index (χ0) is 18.8. The zero-order valence-electron chi connectivity index (χ0n) is 16.4. The van der Waals surface area contributed by atoms with Crippen molar-refractivity contribution in [2.24, 2.45) is 0 Å². The van der Waals surface area contributed by atoms with Crippen molar-refractivity contribution in [3.05, 3.63) is 0 Å². The van der Waals surface area contributed by atoms with Crippen LogP contribution in [-0.2, 0) is 0 Å². The lowest BCUT2D eigenvalue weighted by atomic mass is 10.0. The van der Waals surface area contributed by atoms with Gasteiger partial charge in [-0.2, -0.15) is 0 Å². The Labute approximate surface area is 155 Å². The molecule has 0 heterocycles. The number of aliphatic hydroxyl groups excluding tert-OH is 2. The Balaban J connectivity index is 3.33. The summed E-state index contributed by atoms with van der Waals surface area (Å²) < 4.78 is 0. The normalized spacial score (nSPS) is 12.0. The average molecular weight is 362 g/mol. The first-order chi connectivity index (χ1) is 12.1. The van der Waals surface area contributed by atoms with Crippen LogP contribution in [0.15, 0.2) is 0 Å². The van der Waals surface area contributed by atoms with Gasteiger partial charge in [0.05, 0.1) is 0 Å². The van der Waals surface area contributed by atoms with Crippen molar-refractivity contribution in [2.45, 2.75) is 109 Å². The van der Waals surface area contributed by atoms with Crippen LogP contribution in [0.4, 0.5) is 0 Å². The molecule has 0 aromatic rings. The SMILES string of the molecule is CCCCCCCCCCCCCCCCN(CC(O)O)CC(O)O. The van der Waals surface area contributed by atoms with Gasteiger partial charge in [-0.25, -0.2) is 0 Å². The van der Waals surface area contributed by atoms with Crippen molar-refractivity contribution in [3.63, 3.8) is 0 Å². The number of hydrogen-bond acceptors (Lipinski definition) is 5. The van der Waals surface area contributed by atoms with Crippen LogP contribution in [0.25, 0.3) is 0 Å². The van der Waals surface area contributed by atoms with Gasteiger partial charge in [0.2, 0.25) is 0 Å². The maximum Gasteiger partial charge on any atom is 0.164 e. The van der Waals surface area contributed by atoms with E-state index in [1.165, 1.54) is 77.0 Å². The molecule has 0 saturated carbocycles. The molecule has 4 N–H and O–H groups in total. The van der Waals surface area contributed by atoms with Crippen molar-refractivity contribution in [1.82, 2.24) is 4.90 Å². The molecule has 0 fully saturated rings. The van der Waals surface area contributed by atoms with Crippen LogP contribution in [-0.4, -0.2) is 57.5 Å². The predicted molar refractivity (Wildman–Crippen MR) is 103 cm³/mol. The summed E-state index contributed by atoms with van der Waals surface area (Å²) in [6.45, 7) is 3.06. The first-order valence-corrected chi connectivity index (χ1v) is 10.5. The summed E-state index contributed by atoms with van der Waals surface area (Å²) in [7, 11) is 0. The van der Waals surface area contributed by atoms with Crippen LogP contribution in [0.3, 0.4) is 0 Å². The number of hydrogen-bond donors (Lipinski definition) is 4. The molecule has 0 spiro atoms. The van der Waals surface area contributed by atoms with E-state index in [9.17, 15) is 0 Å². The molecule has 0 aliphatic heterocycles. The number of unbranched alkanes of at least 4 members (excludes halogenated alkanes) is 13. The highest BCUT2D eigenvalue weighted by molar-refractivity contribution is 4.60. The Morgan fingerprint density at radius 3 is 1.16 bits per heavy atom. The fraction of sp³-hybridized carbons (Fsp3) is 1.00. The number of nitrogens with zero attached hydrogens (tertiary/aromatic N) is 1. The average Bonchev–Trinajstić information content (AvgIpc) is 2.54. The van der Waals surface area contributed by atoms with E-state index in [0.29, 0.717) is 6.54 Å². The Kier molecular flexibility index (Phi) is 18.4. The lowest BCUT2D eigenvalue weighted by molar-refractivity contribution is -0.0946. The van der Waals surface area contributed by atoms with Gasteiger partial charge in [-0.3, -0.25) is 4.90 Å². The molecule has 0 rings (SSSR count). The Morgan fingerprint density at radius 2 is 0.840 bits per heavy atom. The largest absolute Gasteiger partial charge is 0.367 e. The summed E-state index contributed by atoms with van der Waals surface area (Å²) in [4.78, 5) is 1.69. The van der Waals surface area contributed by atoms with Gasteiger partial charge in [0, 0.05) is 13.1 Å². The minimum absolute atomic E-state index is 0.0655. The highest BCUT2D eigenvalue weighted by Crippen LogP contribution is 2.13. The second-order valence-corrected chi connectivity index (χ2v) is 7.32. The molecule has 5 heteroatoms. The van der Waals surface area contributed by atoms with Crippen molar-refractivity contribution < 1.29 is 20.4 Å². The monoisotopic (exact) mass is 361 g/mol. The third kappa shape index (κ3) is 20.0. The summed E-state index contributed by atoms with van der Waals surface area (Å²) in [5.74, 6) is 0. The standard InChI is InChI=1S/C20H43NO4/c1-2-3-4-5-6-7-8-9-10-11-12-13-14-15-16-21(17-19(22)23)18-20(24)25/h19-20,22-25H,2-18H2,1H3. The summed E-state index contributed by atoms with van der Waals surface area (Å²) in [6.07, 6.45) is 15.4. The molecule has 0 aromatic carbocycles. The molecule has 0 amide bonds.